The third-order valence-electron chi connectivity index (χ3n) is 5.54. The molecule has 2 atom stereocenters. The second kappa shape index (κ2) is 9.04. The molecule has 0 saturated carbocycles. The van der Waals surface area contributed by atoms with Gasteiger partial charge in [0, 0.05) is 44.0 Å². The average molecular weight is 508 g/mol. The van der Waals surface area contributed by atoms with Gasteiger partial charge in [0.2, 0.25) is 5.95 Å². The fourth-order valence-corrected chi connectivity index (χ4v) is 4.86. The van der Waals surface area contributed by atoms with Gasteiger partial charge in [-0.25, -0.2) is 18.4 Å². The van der Waals surface area contributed by atoms with E-state index in [1.165, 1.54) is 35.9 Å². The predicted molar refractivity (Wildman–Crippen MR) is 124 cm³/mol. The Bertz CT molecular complexity index is 1380. The van der Waals surface area contributed by atoms with Crippen LogP contribution in [0.2, 0.25) is 0 Å². The number of rotatable bonds is 5. The zero-order valence-electron chi connectivity index (χ0n) is 19.0. The summed E-state index contributed by atoms with van der Waals surface area (Å²) >= 11 is 1.30. The van der Waals surface area contributed by atoms with Crippen LogP contribution in [-0.4, -0.2) is 58.0 Å². The van der Waals surface area contributed by atoms with Crippen molar-refractivity contribution in [2.45, 2.75) is 25.7 Å². The quantitative estimate of drug-likeness (QED) is 0.364. The lowest BCUT2D eigenvalue weighted by atomic mass is 10.1. The first-order valence-electron chi connectivity index (χ1n) is 10.7. The van der Waals surface area contributed by atoms with Gasteiger partial charge in [0.15, 0.2) is 10.8 Å². The highest BCUT2D eigenvalue weighted by atomic mass is 32.1. The Morgan fingerprint density at radius 1 is 1.14 bits per heavy atom. The SMILES string of the molecule is C[C@@H]1CN(c2nc(-c3ccc(F)cc3F)c3sc(N(C)C)nc3n2)C[C@H](c2cnn(C(F)F)c2)O1. The molecule has 8 nitrogen and oxygen atoms in total. The number of anilines is 2. The second-order valence-electron chi connectivity index (χ2n) is 8.41. The summed E-state index contributed by atoms with van der Waals surface area (Å²) in [5, 5.41) is 4.35. The van der Waals surface area contributed by atoms with E-state index < -0.39 is 24.3 Å². The summed E-state index contributed by atoms with van der Waals surface area (Å²) in [6.45, 7) is -0.222. The van der Waals surface area contributed by atoms with Gasteiger partial charge in [0.05, 0.1) is 24.5 Å². The molecule has 184 valence electrons. The number of benzene rings is 1. The average Bonchev–Trinajstić information content (AvgIpc) is 3.46. The monoisotopic (exact) mass is 507 g/mol. The van der Waals surface area contributed by atoms with E-state index in [1.54, 1.807) is 0 Å². The minimum Gasteiger partial charge on any atom is -0.367 e. The van der Waals surface area contributed by atoms with Crippen molar-refractivity contribution in [1.29, 1.82) is 0 Å². The van der Waals surface area contributed by atoms with E-state index in [2.05, 4.69) is 20.1 Å². The van der Waals surface area contributed by atoms with Crippen LogP contribution in [0.1, 0.15) is 25.1 Å². The smallest absolute Gasteiger partial charge is 0.333 e. The van der Waals surface area contributed by atoms with E-state index in [9.17, 15) is 17.6 Å². The topological polar surface area (TPSA) is 72.2 Å². The molecule has 13 heteroatoms. The van der Waals surface area contributed by atoms with Crippen LogP contribution in [0.4, 0.5) is 28.6 Å². The van der Waals surface area contributed by atoms with Gasteiger partial charge in [-0.2, -0.15) is 23.8 Å². The molecule has 0 radical (unpaired) electrons. The van der Waals surface area contributed by atoms with Crippen molar-refractivity contribution in [1.82, 2.24) is 24.7 Å². The molecule has 1 saturated heterocycles. The molecule has 5 rings (SSSR count). The molecule has 0 spiro atoms. The van der Waals surface area contributed by atoms with E-state index in [0.29, 0.717) is 38.0 Å². The molecule has 4 aromatic rings. The van der Waals surface area contributed by atoms with Crippen LogP contribution in [0.15, 0.2) is 30.6 Å². The van der Waals surface area contributed by atoms with Crippen LogP contribution < -0.4 is 9.80 Å². The Kier molecular flexibility index (Phi) is 6.05. The molecule has 3 aromatic heterocycles. The van der Waals surface area contributed by atoms with Crippen LogP contribution in [0.3, 0.4) is 0 Å². The summed E-state index contributed by atoms with van der Waals surface area (Å²) in [5.41, 5.74) is 1.30. The van der Waals surface area contributed by atoms with Crippen molar-refractivity contribution in [3.8, 4) is 11.3 Å². The molecule has 0 unspecified atom stereocenters. The molecule has 0 N–H and O–H groups in total. The standard InChI is InChI=1S/C22H21F4N7OS/c1-11-8-32(10-16(34-11)12-7-27-33(9-12)20(25)26)21-28-17(14-5-4-13(23)6-15(14)24)18-19(29-21)30-22(35-18)31(2)3/h4-7,9,11,16,20H,8,10H2,1-3H3/t11-,16-/m1/s1. The summed E-state index contributed by atoms with van der Waals surface area (Å²) in [6, 6.07) is 3.33. The molecule has 1 fully saturated rings. The first-order chi connectivity index (χ1) is 16.7. The fourth-order valence-electron chi connectivity index (χ4n) is 3.92. The van der Waals surface area contributed by atoms with Crippen molar-refractivity contribution in [2.75, 3.05) is 37.0 Å². The van der Waals surface area contributed by atoms with E-state index >= 15 is 0 Å². The molecule has 0 bridgehead atoms. The van der Waals surface area contributed by atoms with Gasteiger partial charge in [0.1, 0.15) is 22.4 Å². The van der Waals surface area contributed by atoms with Gasteiger partial charge < -0.3 is 14.5 Å². The fraction of sp³-hybridized carbons (Fsp3) is 0.364. The Morgan fingerprint density at radius 3 is 2.63 bits per heavy atom. The first-order valence-corrected chi connectivity index (χ1v) is 11.5. The largest absolute Gasteiger partial charge is 0.367 e. The van der Waals surface area contributed by atoms with Crippen LogP contribution in [-0.2, 0) is 4.74 Å². The van der Waals surface area contributed by atoms with E-state index in [4.69, 9.17) is 4.74 Å². The number of alkyl halides is 2. The summed E-state index contributed by atoms with van der Waals surface area (Å²) in [6.07, 6.45) is 1.77. The molecule has 1 aliphatic rings. The Balaban J connectivity index is 1.58. The van der Waals surface area contributed by atoms with Crippen molar-refractivity contribution in [2.24, 2.45) is 0 Å². The van der Waals surface area contributed by atoms with Crippen LogP contribution >= 0.6 is 11.3 Å². The first kappa shape index (κ1) is 23.4. The number of hydrogen-bond donors (Lipinski definition) is 0. The summed E-state index contributed by atoms with van der Waals surface area (Å²) in [7, 11) is 3.66. The molecule has 1 aromatic carbocycles. The third kappa shape index (κ3) is 4.52. The molecule has 1 aliphatic heterocycles. The lowest BCUT2D eigenvalue weighted by Crippen LogP contribution is -2.43. The Morgan fingerprint density at radius 2 is 1.94 bits per heavy atom. The number of nitrogens with zero attached hydrogens (tertiary/aromatic N) is 7. The minimum atomic E-state index is -2.75. The summed E-state index contributed by atoms with van der Waals surface area (Å²) in [5.74, 6) is -1.15. The van der Waals surface area contributed by atoms with Gasteiger partial charge in [-0.15, -0.1) is 0 Å². The number of aromatic nitrogens is 5. The zero-order chi connectivity index (χ0) is 24.9. The number of thiazole rings is 1. The molecular weight excluding hydrogens is 486 g/mol. The van der Waals surface area contributed by atoms with E-state index in [0.717, 1.165) is 6.07 Å². The number of ether oxygens (including phenoxy) is 1. The maximum absolute atomic E-state index is 14.8. The summed E-state index contributed by atoms with van der Waals surface area (Å²) in [4.78, 5) is 17.5. The van der Waals surface area contributed by atoms with Gasteiger partial charge in [-0.05, 0) is 19.1 Å². The van der Waals surface area contributed by atoms with Crippen molar-refractivity contribution in [3.05, 3.63) is 47.8 Å². The van der Waals surface area contributed by atoms with Gasteiger partial charge in [-0.1, -0.05) is 11.3 Å². The normalized spacial score (nSPS) is 18.6. The molecule has 4 heterocycles. The maximum Gasteiger partial charge on any atom is 0.333 e. The van der Waals surface area contributed by atoms with Gasteiger partial charge >= 0.3 is 6.55 Å². The molecule has 0 aliphatic carbocycles. The van der Waals surface area contributed by atoms with Crippen molar-refractivity contribution >= 4 is 32.8 Å². The van der Waals surface area contributed by atoms with Gasteiger partial charge in [-0.3, -0.25) is 0 Å². The number of fused-ring (bicyclic) bond motifs is 1. The molecule has 35 heavy (non-hydrogen) atoms. The number of morpholine rings is 1. The van der Waals surface area contributed by atoms with Crippen LogP contribution in [0.25, 0.3) is 21.6 Å². The summed E-state index contributed by atoms with van der Waals surface area (Å²) < 4.78 is 61.5. The van der Waals surface area contributed by atoms with E-state index in [-0.39, 0.29) is 24.2 Å². The van der Waals surface area contributed by atoms with Crippen molar-refractivity contribution in [3.63, 3.8) is 0 Å². The lowest BCUT2D eigenvalue weighted by molar-refractivity contribution is -0.0181. The van der Waals surface area contributed by atoms with Crippen LogP contribution in [0.5, 0.6) is 0 Å². The van der Waals surface area contributed by atoms with Gasteiger partial charge in [0.25, 0.3) is 0 Å². The third-order valence-corrected chi connectivity index (χ3v) is 6.76. The zero-order valence-corrected chi connectivity index (χ0v) is 19.8. The predicted octanol–water partition coefficient (Wildman–Crippen LogP) is 4.66. The highest BCUT2D eigenvalue weighted by molar-refractivity contribution is 7.22. The molecular formula is C22H21F4N7OS. The number of halogens is 4. The Hall–Kier alpha value is -3.32. The second-order valence-corrected chi connectivity index (χ2v) is 9.39. The van der Waals surface area contributed by atoms with Crippen LogP contribution in [0, 0.1) is 11.6 Å². The highest BCUT2D eigenvalue weighted by Crippen LogP contribution is 2.37. The lowest BCUT2D eigenvalue weighted by Gasteiger charge is -2.36. The highest BCUT2D eigenvalue weighted by Gasteiger charge is 2.31. The molecule has 0 amide bonds. The van der Waals surface area contributed by atoms with E-state index in [1.807, 2.05) is 30.8 Å². The number of hydrogen-bond acceptors (Lipinski definition) is 8. The minimum absolute atomic E-state index is 0.130. The Labute approximate surface area is 201 Å². The van der Waals surface area contributed by atoms with Crippen molar-refractivity contribution < 1.29 is 22.3 Å². The maximum atomic E-state index is 14.8.